The summed E-state index contributed by atoms with van der Waals surface area (Å²) in [5, 5.41) is 11.5. The molecule has 1 saturated carbocycles. The van der Waals surface area contributed by atoms with Crippen molar-refractivity contribution < 1.29 is 14.3 Å². The number of halogens is 1. The van der Waals surface area contributed by atoms with E-state index in [4.69, 9.17) is 5.11 Å². The van der Waals surface area contributed by atoms with Gasteiger partial charge in [0.15, 0.2) is 5.83 Å². The fraction of sp³-hybridized carbons (Fsp3) is 0.308. The van der Waals surface area contributed by atoms with Gasteiger partial charge in [-0.3, -0.25) is 4.79 Å². The first-order chi connectivity index (χ1) is 8.08. The Hall–Kier alpha value is -1.84. The monoisotopic (exact) mass is 235 g/mol. The van der Waals surface area contributed by atoms with E-state index in [0.29, 0.717) is 11.3 Å². The molecule has 1 fully saturated rings. The number of anilines is 1. The minimum absolute atomic E-state index is 0.105. The number of rotatable bonds is 3. The van der Waals surface area contributed by atoms with Crippen molar-refractivity contribution in [3.8, 4) is 5.75 Å². The molecule has 17 heavy (non-hydrogen) atoms. The van der Waals surface area contributed by atoms with Crippen molar-refractivity contribution in [1.82, 2.24) is 0 Å². The number of phenolic OH excluding ortho intramolecular Hbond substituents is 1. The van der Waals surface area contributed by atoms with Gasteiger partial charge in [-0.15, -0.1) is 0 Å². The van der Waals surface area contributed by atoms with Crippen LogP contribution in [0, 0.1) is 5.92 Å². The summed E-state index contributed by atoms with van der Waals surface area (Å²) in [7, 11) is 0. The van der Waals surface area contributed by atoms with Crippen LogP contribution in [0.3, 0.4) is 0 Å². The van der Waals surface area contributed by atoms with E-state index in [9.17, 15) is 9.18 Å². The number of aromatic hydroxyl groups is 1. The summed E-state index contributed by atoms with van der Waals surface area (Å²) < 4.78 is 13.7. The summed E-state index contributed by atoms with van der Waals surface area (Å²) in [6.07, 6.45) is 1.93. The molecule has 0 radical (unpaired) electrons. The fourth-order valence-corrected chi connectivity index (χ4v) is 1.61. The standard InChI is InChI=1S/C13H14FNO2/c1-8(9-2-3-9)12(14)13(17)15-10-4-6-11(16)7-5-10/h4-7,9,16H,2-3H2,1H3,(H,15,17). The molecule has 0 bridgehead atoms. The Morgan fingerprint density at radius 2 is 1.94 bits per heavy atom. The van der Waals surface area contributed by atoms with Crippen molar-refractivity contribution in [2.75, 3.05) is 5.32 Å². The molecule has 1 amide bonds. The van der Waals surface area contributed by atoms with E-state index in [2.05, 4.69) is 5.32 Å². The third-order valence-corrected chi connectivity index (χ3v) is 2.86. The second-order valence-electron chi connectivity index (χ2n) is 4.27. The molecule has 90 valence electrons. The lowest BCUT2D eigenvalue weighted by molar-refractivity contribution is -0.114. The van der Waals surface area contributed by atoms with Crippen LogP contribution in [0.15, 0.2) is 35.7 Å². The van der Waals surface area contributed by atoms with Gasteiger partial charge in [0.1, 0.15) is 5.75 Å². The lowest BCUT2D eigenvalue weighted by Crippen LogP contribution is -2.13. The van der Waals surface area contributed by atoms with E-state index in [1.165, 1.54) is 24.3 Å². The third-order valence-electron chi connectivity index (χ3n) is 2.86. The normalized spacial score (nSPS) is 16.4. The van der Waals surface area contributed by atoms with Crippen LogP contribution in [-0.2, 0) is 4.79 Å². The maximum atomic E-state index is 13.7. The number of amides is 1. The Morgan fingerprint density at radius 3 is 2.47 bits per heavy atom. The number of allylic oxidation sites excluding steroid dienone is 1. The highest BCUT2D eigenvalue weighted by Gasteiger charge is 2.28. The highest BCUT2D eigenvalue weighted by atomic mass is 19.1. The third kappa shape index (κ3) is 2.84. The van der Waals surface area contributed by atoms with Crippen molar-refractivity contribution in [1.29, 1.82) is 0 Å². The maximum absolute atomic E-state index is 13.7. The van der Waals surface area contributed by atoms with E-state index in [0.717, 1.165) is 12.8 Å². The maximum Gasteiger partial charge on any atom is 0.284 e. The Labute approximate surface area is 99.0 Å². The van der Waals surface area contributed by atoms with Crippen LogP contribution in [0.2, 0.25) is 0 Å². The van der Waals surface area contributed by atoms with Gasteiger partial charge in [-0.2, -0.15) is 0 Å². The van der Waals surface area contributed by atoms with Gasteiger partial charge in [-0.05, 0) is 55.5 Å². The van der Waals surface area contributed by atoms with Crippen molar-refractivity contribution in [3.63, 3.8) is 0 Å². The molecule has 2 rings (SSSR count). The zero-order valence-corrected chi connectivity index (χ0v) is 9.53. The first-order valence-corrected chi connectivity index (χ1v) is 5.54. The van der Waals surface area contributed by atoms with Crippen LogP contribution in [0.25, 0.3) is 0 Å². The molecule has 0 spiro atoms. The lowest BCUT2D eigenvalue weighted by atomic mass is 10.1. The number of carbonyl (C=O) groups excluding carboxylic acids is 1. The van der Waals surface area contributed by atoms with Crippen LogP contribution in [-0.4, -0.2) is 11.0 Å². The largest absolute Gasteiger partial charge is 0.508 e. The summed E-state index contributed by atoms with van der Waals surface area (Å²) in [6.45, 7) is 1.66. The second-order valence-corrected chi connectivity index (χ2v) is 4.27. The summed E-state index contributed by atoms with van der Waals surface area (Å²) in [5.41, 5.74) is 0.993. The minimum atomic E-state index is -0.722. The molecule has 0 aliphatic heterocycles. The molecule has 0 atom stereocenters. The van der Waals surface area contributed by atoms with Crippen molar-refractivity contribution >= 4 is 11.6 Å². The molecule has 2 N–H and O–H groups in total. The molecule has 1 aromatic carbocycles. The topological polar surface area (TPSA) is 49.3 Å². The Bertz CT molecular complexity index is 461. The molecule has 0 unspecified atom stereocenters. The quantitative estimate of drug-likeness (QED) is 0.625. The number of hydrogen-bond acceptors (Lipinski definition) is 2. The predicted molar refractivity (Wildman–Crippen MR) is 63.3 cm³/mol. The molecule has 0 heterocycles. The molecule has 3 nitrogen and oxygen atoms in total. The first kappa shape index (κ1) is 11.6. The van der Waals surface area contributed by atoms with Crippen LogP contribution < -0.4 is 5.32 Å². The second kappa shape index (κ2) is 4.57. The van der Waals surface area contributed by atoms with Crippen molar-refractivity contribution in [3.05, 3.63) is 35.7 Å². The van der Waals surface area contributed by atoms with Crippen molar-refractivity contribution in [2.24, 2.45) is 5.92 Å². The van der Waals surface area contributed by atoms with E-state index >= 15 is 0 Å². The molecular weight excluding hydrogens is 221 g/mol. The van der Waals surface area contributed by atoms with Gasteiger partial charge >= 0.3 is 0 Å². The lowest BCUT2D eigenvalue weighted by Gasteiger charge is -2.05. The van der Waals surface area contributed by atoms with Gasteiger partial charge in [0.05, 0.1) is 0 Å². The molecular formula is C13H14FNO2. The van der Waals surface area contributed by atoms with Gasteiger partial charge < -0.3 is 10.4 Å². The number of carbonyl (C=O) groups is 1. The van der Waals surface area contributed by atoms with Crippen LogP contribution >= 0.6 is 0 Å². The van der Waals surface area contributed by atoms with Crippen LogP contribution in [0.1, 0.15) is 19.8 Å². The molecule has 4 heteroatoms. The van der Waals surface area contributed by atoms with Crippen LogP contribution in [0.5, 0.6) is 5.75 Å². The zero-order chi connectivity index (χ0) is 12.4. The van der Waals surface area contributed by atoms with Crippen molar-refractivity contribution in [2.45, 2.75) is 19.8 Å². The first-order valence-electron chi connectivity index (χ1n) is 5.54. The van der Waals surface area contributed by atoms with E-state index in [-0.39, 0.29) is 11.7 Å². The smallest absolute Gasteiger partial charge is 0.284 e. The summed E-state index contributed by atoms with van der Waals surface area (Å²) in [6, 6.07) is 5.91. The highest BCUT2D eigenvalue weighted by molar-refractivity contribution is 6.02. The number of benzene rings is 1. The van der Waals surface area contributed by atoms with E-state index in [1.54, 1.807) is 6.92 Å². The predicted octanol–water partition coefficient (Wildman–Crippen LogP) is 2.98. The minimum Gasteiger partial charge on any atom is -0.508 e. The number of nitrogens with one attached hydrogen (secondary N) is 1. The summed E-state index contributed by atoms with van der Waals surface area (Å²) >= 11 is 0. The van der Waals surface area contributed by atoms with Gasteiger partial charge in [0.25, 0.3) is 5.91 Å². The van der Waals surface area contributed by atoms with Gasteiger partial charge in [0, 0.05) is 5.69 Å². The summed E-state index contributed by atoms with van der Waals surface area (Å²) in [4.78, 5) is 11.6. The van der Waals surface area contributed by atoms with Gasteiger partial charge in [-0.1, -0.05) is 0 Å². The Balaban J connectivity index is 2.06. The molecule has 1 aliphatic rings. The molecule has 1 aromatic rings. The average Bonchev–Trinajstić information content (AvgIpc) is 3.14. The van der Waals surface area contributed by atoms with Crippen LogP contribution in [0.4, 0.5) is 10.1 Å². The summed E-state index contributed by atoms with van der Waals surface area (Å²) in [5.74, 6) is -1.07. The fourth-order valence-electron chi connectivity index (χ4n) is 1.61. The molecule has 1 aliphatic carbocycles. The highest BCUT2D eigenvalue weighted by Crippen LogP contribution is 2.38. The Kier molecular flexibility index (Phi) is 3.13. The Morgan fingerprint density at radius 1 is 1.35 bits per heavy atom. The zero-order valence-electron chi connectivity index (χ0n) is 9.53. The molecule has 0 saturated heterocycles. The number of phenols is 1. The van der Waals surface area contributed by atoms with Gasteiger partial charge in [0.2, 0.25) is 0 Å². The van der Waals surface area contributed by atoms with E-state index in [1.807, 2.05) is 0 Å². The number of hydrogen-bond donors (Lipinski definition) is 2. The van der Waals surface area contributed by atoms with E-state index < -0.39 is 11.7 Å². The average molecular weight is 235 g/mol. The van der Waals surface area contributed by atoms with Gasteiger partial charge in [-0.25, -0.2) is 4.39 Å². The SMILES string of the molecule is CC(=C(F)C(=O)Nc1ccc(O)cc1)C1CC1. The molecule has 0 aromatic heterocycles.